The molecule has 5 aromatic rings. The van der Waals surface area contributed by atoms with E-state index in [1.807, 2.05) is 24.3 Å². The van der Waals surface area contributed by atoms with Crippen LogP contribution >= 0.6 is 0 Å². The summed E-state index contributed by atoms with van der Waals surface area (Å²) in [7, 11) is 0. The smallest absolute Gasteiger partial charge is 0.142 e. The molecule has 1 aliphatic rings. The van der Waals surface area contributed by atoms with Gasteiger partial charge < -0.3 is 19.8 Å². The Labute approximate surface area is 235 Å². The summed E-state index contributed by atoms with van der Waals surface area (Å²) in [4.78, 5) is 4.79. The fourth-order valence-electron chi connectivity index (χ4n) is 5.45. The lowest BCUT2D eigenvalue weighted by Crippen LogP contribution is -2.47. The van der Waals surface area contributed by atoms with Crippen LogP contribution in [0.2, 0.25) is 0 Å². The summed E-state index contributed by atoms with van der Waals surface area (Å²) in [6, 6.07) is 34.1. The first kappa shape index (κ1) is 25.8. The number of hydrogen-bond donors (Lipinski definition) is 2. The number of hydrogen-bond acceptors (Lipinski definition) is 5. The van der Waals surface area contributed by atoms with E-state index in [9.17, 15) is 10.2 Å². The summed E-state index contributed by atoms with van der Waals surface area (Å²) in [5.74, 6) is 1.37. The molecule has 6 rings (SSSR count). The number of fused-ring (bicyclic) bond motifs is 1. The lowest BCUT2D eigenvalue weighted by Gasteiger charge is -2.35. The molecule has 1 fully saturated rings. The molecule has 5 aromatic carbocycles. The van der Waals surface area contributed by atoms with Crippen LogP contribution in [-0.2, 0) is 6.42 Å². The van der Waals surface area contributed by atoms with Crippen LogP contribution in [0, 0.1) is 6.92 Å². The molecule has 0 aliphatic carbocycles. The first-order valence-corrected chi connectivity index (χ1v) is 13.8. The fourth-order valence-corrected chi connectivity index (χ4v) is 5.45. The van der Waals surface area contributed by atoms with Crippen LogP contribution < -0.4 is 9.64 Å². The maximum atomic E-state index is 10.0. The van der Waals surface area contributed by atoms with Gasteiger partial charge in [-0.2, -0.15) is 0 Å². The number of rotatable bonds is 7. The van der Waals surface area contributed by atoms with Crippen molar-refractivity contribution >= 4 is 16.5 Å². The molecule has 0 atom stereocenters. The number of phenols is 2. The van der Waals surface area contributed by atoms with Gasteiger partial charge in [0.1, 0.15) is 24.0 Å². The number of ether oxygens (including phenoxy) is 1. The van der Waals surface area contributed by atoms with E-state index in [0.717, 1.165) is 60.2 Å². The molecule has 0 unspecified atom stereocenters. The minimum absolute atomic E-state index is 0.250. The molecule has 1 saturated heterocycles. The third-order valence-corrected chi connectivity index (χ3v) is 7.78. The molecule has 1 aliphatic heterocycles. The van der Waals surface area contributed by atoms with E-state index in [2.05, 4.69) is 71.3 Å². The lowest BCUT2D eigenvalue weighted by atomic mass is 9.90. The predicted molar refractivity (Wildman–Crippen MR) is 162 cm³/mol. The molecule has 1 heterocycles. The Bertz CT molecular complexity index is 1590. The van der Waals surface area contributed by atoms with Gasteiger partial charge >= 0.3 is 0 Å². The quantitative estimate of drug-likeness (QED) is 0.238. The van der Waals surface area contributed by atoms with Gasteiger partial charge in [-0.3, -0.25) is 4.90 Å². The normalized spacial score (nSPS) is 14.0. The minimum Gasteiger partial charge on any atom is -0.508 e. The van der Waals surface area contributed by atoms with E-state index in [0.29, 0.717) is 6.73 Å². The minimum atomic E-state index is 0.250. The molecule has 5 heteroatoms. The first-order chi connectivity index (χ1) is 19.5. The van der Waals surface area contributed by atoms with Gasteiger partial charge in [0.15, 0.2) is 0 Å². The Morgan fingerprint density at radius 3 is 2.12 bits per heavy atom. The van der Waals surface area contributed by atoms with E-state index >= 15 is 0 Å². The summed E-state index contributed by atoms with van der Waals surface area (Å²) in [5, 5.41) is 21.9. The van der Waals surface area contributed by atoms with Crippen LogP contribution in [0.5, 0.6) is 17.2 Å². The molecule has 2 N–H and O–H groups in total. The van der Waals surface area contributed by atoms with Crippen molar-refractivity contribution in [3.05, 3.63) is 120 Å². The van der Waals surface area contributed by atoms with Crippen molar-refractivity contribution in [3.63, 3.8) is 0 Å². The highest BCUT2D eigenvalue weighted by molar-refractivity contribution is 5.93. The first-order valence-electron chi connectivity index (χ1n) is 13.8. The van der Waals surface area contributed by atoms with Crippen molar-refractivity contribution < 1.29 is 14.9 Å². The molecule has 0 amide bonds. The zero-order valence-electron chi connectivity index (χ0n) is 22.8. The van der Waals surface area contributed by atoms with Crippen molar-refractivity contribution in [2.24, 2.45) is 0 Å². The van der Waals surface area contributed by atoms with Crippen LogP contribution in [0.4, 0.5) is 5.69 Å². The SMILES string of the molecule is Cc1ccc(N2CCN(COc3ccc(Cc4c(-c5ccc(O)cc5)ccc5cc(O)ccc45)cc3)CC2)cc1. The van der Waals surface area contributed by atoms with E-state index in [1.54, 1.807) is 24.3 Å². The highest BCUT2D eigenvalue weighted by Crippen LogP contribution is 2.34. The molecule has 202 valence electrons. The van der Waals surface area contributed by atoms with Crippen molar-refractivity contribution in [2.75, 3.05) is 37.8 Å². The predicted octanol–water partition coefficient (Wildman–Crippen LogP) is 6.98. The Morgan fingerprint density at radius 1 is 0.700 bits per heavy atom. The van der Waals surface area contributed by atoms with Gasteiger partial charge in [-0.25, -0.2) is 0 Å². The Balaban J connectivity index is 1.13. The maximum absolute atomic E-state index is 10.0. The third-order valence-electron chi connectivity index (χ3n) is 7.78. The number of piperazine rings is 1. The number of anilines is 1. The van der Waals surface area contributed by atoms with Crippen LogP contribution in [0.25, 0.3) is 21.9 Å². The van der Waals surface area contributed by atoms with E-state index in [-0.39, 0.29) is 11.5 Å². The van der Waals surface area contributed by atoms with E-state index in [4.69, 9.17) is 4.74 Å². The van der Waals surface area contributed by atoms with Gasteiger partial charge in [0.25, 0.3) is 0 Å². The Kier molecular flexibility index (Phi) is 7.30. The molecule has 0 aromatic heterocycles. The van der Waals surface area contributed by atoms with Crippen LogP contribution in [0.3, 0.4) is 0 Å². The van der Waals surface area contributed by atoms with Crippen molar-refractivity contribution in [2.45, 2.75) is 13.3 Å². The second-order valence-corrected chi connectivity index (χ2v) is 10.6. The molecular formula is C35H34N2O3. The lowest BCUT2D eigenvalue weighted by molar-refractivity contribution is 0.120. The Morgan fingerprint density at radius 2 is 1.40 bits per heavy atom. The molecule has 0 spiro atoms. The van der Waals surface area contributed by atoms with Crippen molar-refractivity contribution in [1.29, 1.82) is 0 Å². The number of aryl methyl sites for hydroxylation is 1. The van der Waals surface area contributed by atoms with E-state index < -0.39 is 0 Å². The largest absolute Gasteiger partial charge is 0.508 e. The summed E-state index contributed by atoms with van der Waals surface area (Å²) < 4.78 is 6.15. The average Bonchev–Trinajstić information content (AvgIpc) is 2.98. The molecule has 0 radical (unpaired) electrons. The number of phenolic OH excluding ortho intramolecular Hbond substituents is 2. The monoisotopic (exact) mass is 530 g/mol. The van der Waals surface area contributed by atoms with Crippen molar-refractivity contribution in [1.82, 2.24) is 4.90 Å². The van der Waals surface area contributed by atoms with Gasteiger partial charge in [-0.05, 0) is 94.9 Å². The second-order valence-electron chi connectivity index (χ2n) is 10.6. The van der Waals surface area contributed by atoms with Gasteiger partial charge in [0.05, 0.1) is 0 Å². The second kappa shape index (κ2) is 11.3. The molecule has 0 saturated carbocycles. The van der Waals surface area contributed by atoms with Crippen LogP contribution in [-0.4, -0.2) is 48.0 Å². The highest BCUT2D eigenvalue weighted by atomic mass is 16.5. The van der Waals surface area contributed by atoms with Gasteiger partial charge in [-0.15, -0.1) is 0 Å². The van der Waals surface area contributed by atoms with Crippen molar-refractivity contribution in [3.8, 4) is 28.4 Å². The number of aromatic hydroxyl groups is 2. The number of benzene rings is 5. The van der Waals surface area contributed by atoms with Gasteiger partial charge in [0, 0.05) is 31.9 Å². The highest BCUT2D eigenvalue weighted by Gasteiger charge is 2.17. The molecule has 40 heavy (non-hydrogen) atoms. The number of nitrogens with zero attached hydrogens (tertiary/aromatic N) is 2. The maximum Gasteiger partial charge on any atom is 0.142 e. The van der Waals surface area contributed by atoms with Gasteiger partial charge in [0.2, 0.25) is 0 Å². The molecule has 5 nitrogen and oxygen atoms in total. The molecular weight excluding hydrogens is 496 g/mol. The van der Waals surface area contributed by atoms with E-state index in [1.165, 1.54) is 22.4 Å². The zero-order chi connectivity index (χ0) is 27.5. The van der Waals surface area contributed by atoms with Crippen LogP contribution in [0.15, 0.2) is 103 Å². The third kappa shape index (κ3) is 5.75. The topological polar surface area (TPSA) is 56.2 Å². The fraction of sp³-hybridized carbons (Fsp3) is 0.200. The summed E-state index contributed by atoms with van der Waals surface area (Å²) >= 11 is 0. The Hall–Kier alpha value is -4.48. The average molecular weight is 531 g/mol. The van der Waals surface area contributed by atoms with Crippen LogP contribution in [0.1, 0.15) is 16.7 Å². The van der Waals surface area contributed by atoms with Gasteiger partial charge in [-0.1, -0.05) is 60.2 Å². The molecule has 0 bridgehead atoms. The summed E-state index contributed by atoms with van der Waals surface area (Å²) in [6.07, 6.45) is 0.736. The standard InChI is InChI=1S/C35H34N2O3/c1-25-2-9-29(10-3-25)37-20-18-36(19-21-37)24-40-32-14-4-26(5-15-32)22-35-33(27-6-11-30(38)12-7-27)16-8-28-23-31(39)13-17-34(28)35/h2-17,23,38-39H,18-22,24H2,1H3. The summed E-state index contributed by atoms with van der Waals surface area (Å²) in [5.41, 5.74) is 7.10. The zero-order valence-corrected chi connectivity index (χ0v) is 22.8. The summed E-state index contributed by atoms with van der Waals surface area (Å²) in [6.45, 7) is 6.65.